The zero-order chi connectivity index (χ0) is 11.7. The van der Waals surface area contributed by atoms with Crippen LogP contribution in [0, 0.1) is 5.41 Å². The molecule has 1 rings (SSSR count). The number of hydrogen-bond acceptors (Lipinski definition) is 3. The van der Waals surface area contributed by atoms with E-state index in [0.29, 0.717) is 17.9 Å². The Bertz CT molecular complexity index is 296. The largest absolute Gasteiger partial charge is 0.320 e. The van der Waals surface area contributed by atoms with Gasteiger partial charge in [0, 0.05) is 11.5 Å². The molecular formula is C10H22N2O2S. The van der Waals surface area contributed by atoms with E-state index in [2.05, 4.69) is 25.5 Å². The van der Waals surface area contributed by atoms with Gasteiger partial charge in [0.05, 0.1) is 6.04 Å². The second kappa shape index (κ2) is 4.22. The first-order valence-corrected chi connectivity index (χ1v) is 7.45. The van der Waals surface area contributed by atoms with Crippen molar-refractivity contribution in [1.29, 1.82) is 0 Å². The summed E-state index contributed by atoms with van der Waals surface area (Å²) in [6.45, 7) is 6.32. The van der Waals surface area contributed by atoms with E-state index in [0.717, 1.165) is 6.42 Å². The van der Waals surface area contributed by atoms with Gasteiger partial charge >= 0.3 is 0 Å². The molecule has 1 unspecified atom stereocenters. The van der Waals surface area contributed by atoms with Crippen LogP contribution in [0.5, 0.6) is 0 Å². The first kappa shape index (κ1) is 12.6. The van der Waals surface area contributed by atoms with Crippen LogP contribution in [-0.4, -0.2) is 27.7 Å². The number of rotatable bonds is 2. The Kier molecular flexibility index (Phi) is 3.55. The molecule has 1 aliphatic rings. The Morgan fingerprint density at radius 3 is 2.60 bits per heavy atom. The lowest BCUT2D eigenvalue weighted by Gasteiger charge is -2.34. The zero-order valence-corrected chi connectivity index (χ0v) is 10.6. The first-order valence-electron chi connectivity index (χ1n) is 5.38. The van der Waals surface area contributed by atoms with Crippen molar-refractivity contribution in [3.63, 3.8) is 0 Å². The second-order valence-electron chi connectivity index (χ2n) is 5.52. The molecule has 1 heterocycles. The van der Waals surface area contributed by atoms with Gasteiger partial charge in [0.25, 0.3) is 0 Å². The molecule has 1 aliphatic heterocycles. The molecule has 0 saturated carbocycles. The summed E-state index contributed by atoms with van der Waals surface area (Å²) in [5.41, 5.74) is 5.70. The van der Waals surface area contributed by atoms with E-state index < -0.39 is 16.2 Å². The van der Waals surface area contributed by atoms with Crippen molar-refractivity contribution in [2.45, 2.75) is 39.7 Å². The number of thiol groups is 1. The number of hydrogen-bond donors (Lipinski definition) is 3. The third-order valence-corrected chi connectivity index (χ3v) is 5.23. The Morgan fingerprint density at radius 2 is 2.13 bits per heavy atom. The standard InChI is InChI=1S/C10H22N2O2S/c1-10(2,3)5-7-15(14)6-4-8(11)9(13)12-15/h8,15H,4-7,11H2,1-3H3,(H,12,13,14). The maximum absolute atomic E-state index is 12.2. The second-order valence-corrected chi connectivity index (χ2v) is 8.42. The van der Waals surface area contributed by atoms with Crippen molar-refractivity contribution < 1.29 is 9.00 Å². The number of amides is 1. The molecule has 0 radical (unpaired) electrons. The molecule has 0 spiro atoms. The van der Waals surface area contributed by atoms with Gasteiger partial charge in [-0.05, 0) is 28.4 Å². The molecule has 0 bridgehead atoms. The van der Waals surface area contributed by atoms with Gasteiger partial charge in [-0.25, -0.2) is 0 Å². The van der Waals surface area contributed by atoms with Gasteiger partial charge in [0.2, 0.25) is 5.91 Å². The van der Waals surface area contributed by atoms with E-state index in [1.165, 1.54) is 0 Å². The lowest BCUT2D eigenvalue weighted by molar-refractivity contribution is -0.120. The maximum Gasteiger partial charge on any atom is 0.247 e. The van der Waals surface area contributed by atoms with E-state index in [1.54, 1.807) is 0 Å². The number of carbonyl (C=O) groups excluding carboxylic acids is 1. The minimum Gasteiger partial charge on any atom is -0.320 e. The van der Waals surface area contributed by atoms with Crippen LogP contribution < -0.4 is 10.5 Å². The summed E-state index contributed by atoms with van der Waals surface area (Å²) in [5.74, 6) is 0.892. The number of nitrogens with one attached hydrogen (secondary N) is 1. The molecule has 1 saturated heterocycles. The van der Waals surface area contributed by atoms with E-state index in [1.807, 2.05) is 0 Å². The summed E-state index contributed by atoms with van der Waals surface area (Å²) in [6, 6.07) is -0.471. The summed E-state index contributed by atoms with van der Waals surface area (Å²) in [6.07, 6.45) is 1.41. The molecule has 1 fully saturated rings. The molecule has 1 atom stereocenters. The van der Waals surface area contributed by atoms with Crippen LogP contribution in [0.4, 0.5) is 0 Å². The van der Waals surface area contributed by atoms with Crippen molar-refractivity contribution >= 4 is 16.0 Å². The fraction of sp³-hybridized carbons (Fsp3) is 0.900. The van der Waals surface area contributed by atoms with Gasteiger partial charge in [-0.2, -0.15) is 0 Å². The fourth-order valence-electron chi connectivity index (χ4n) is 1.50. The lowest BCUT2D eigenvalue weighted by atomic mass is 9.94. The molecule has 0 aliphatic carbocycles. The maximum atomic E-state index is 12.2. The van der Waals surface area contributed by atoms with Crippen molar-refractivity contribution in [2.24, 2.45) is 11.1 Å². The number of nitrogens with two attached hydrogens (primary N) is 1. The van der Waals surface area contributed by atoms with Crippen molar-refractivity contribution in [1.82, 2.24) is 4.72 Å². The normalized spacial score (nSPS) is 28.3. The minimum atomic E-state index is -2.48. The fourth-order valence-corrected chi connectivity index (χ4v) is 4.24. The number of carbonyl (C=O) groups is 1. The molecule has 90 valence electrons. The molecule has 0 aromatic rings. The predicted octanol–water partition coefficient (Wildman–Crippen LogP) is 0.202. The van der Waals surface area contributed by atoms with Gasteiger partial charge in [0.15, 0.2) is 0 Å². The van der Waals surface area contributed by atoms with Gasteiger partial charge in [-0.1, -0.05) is 20.8 Å². The monoisotopic (exact) mass is 234 g/mol. The zero-order valence-electron chi connectivity index (χ0n) is 9.75. The summed E-state index contributed by atoms with van der Waals surface area (Å²) in [4.78, 5) is 11.3. The van der Waals surface area contributed by atoms with Crippen LogP contribution in [0.1, 0.15) is 33.6 Å². The molecule has 0 aromatic heterocycles. The summed E-state index contributed by atoms with van der Waals surface area (Å²) in [7, 11) is -2.48. The Balaban J connectivity index is 2.54. The van der Waals surface area contributed by atoms with Crippen molar-refractivity contribution in [2.75, 3.05) is 11.5 Å². The molecule has 1 amide bonds. The highest BCUT2D eigenvalue weighted by molar-refractivity contribution is 8.01. The van der Waals surface area contributed by atoms with E-state index in [4.69, 9.17) is 5.73 Å². The Morgan fingerprint density at radius 1 is 1.53 bits per heavy atom. The molecule has 3 N–H and O–H groups in total. The third-order valence-electron chi connectivity index (χ3n) is 2.68. The Labute approximate surface area is 92.5 Å². The van der Waals surface area contributed by atoms with Gasteiger partial charge < -0.3 is 5.73 Å². The van der Waals surface area contributed by atoms with Crippen LogP contribution >= 0.6 is 0 Å². The third kappa shape index (κ3) is 3.91. The highest BCUT2D eigenvalue weighted by atomic mass is 32.3. The summed E-state index contributed by atoms with van der Waals surface area (Å²) >= 11 is 0. The SMILES string of the molecule is CC(C)(C)CC[SH]1(=O)CCC(N)C(=O)N1. The average Bonchev–Trinajstić information content (AvgIpc) is 2.08. The summed E-state index contributed by atoms with van der Waals surface area (Å²) in [5, 5.41) is 0. The van der Waals surface area contributed by atoms with Crippen LogP contribution in [0.3, 0.4) is 0 Å². The molecule has 0 aromatic carbocycles. The Hall–Kier alpha value is -0.420. The lowest BCUT2D eigenvalue weighted by Crippen LogP contribution is -2.54. The van der Waals surface area contributed by atoms with E-state index >= 15 is 0 Å². The molecule has 15 heavy (non-hydrogen) atoms. The van der Waals surface area contributed by atoms with Crippen molar-refractivity contribution in [3.8, 4) is 0 Å². The van der Waals surface area contributed by atoms with Crippen LogP contribution in [0.2, 0.25) is 0 Å². The van der Waals surface area contributed by atoms with E-state index in [-0.39, 0.29) is 11.3 Å². The van der Waals surface area contributed by atoms with Crippen LogP contribution in [-0.2, 0) is 14.9 Å². The summed E-state index contributed by atoms with van der Waals surface area (Å²) < 4.78 is 14.9. The topological polar surface area (TPSA) is 72.2 Å². The quantitative estimate of drug-likeness (QED) is 0.598. The van der Waals surface area contributed by atoms with E-state index in [9.17, 15) is 9.00 Å². The predicted molar refractivity (Wildman–Crippen MR) is 64.1 cm³/mol. The highest BCUT2D eigenvalue weighted by Gasteiger charge is 2.29. The highest BCUT2D eigenvalue weighted by Crippen LogP contribution is 2.22. The van der Waals surface area contributed by atoms with Crippen molar-refractivity contribution in [3.05, 3.63) is 0 Å². The smallest absolute Gasteiger partial charge is 0.247 e. The molecule has 4 nitrogen and oxygen atoms in total. The van der Waals surface area contributed by atoms with Crippen LogP contribution in [0.25, 0.3) is 0 Å². The first-order chi connectivity index (χ1) is 6.72. The minimum absolute atomic E-state index is 0.154. The molecular weight excluding hydrogens is 212 g/mol. The van der Waals surface area contributed by atoms with Crippen LogP contribution in [0.15, 0.2) is 0 Å². The van der Waals surface area contributed by atoms with Gasteiger partial charge in [-0.3, -0.25) is 13.7 Å². The molecule has 5 heteroatoms. The average molecular weight is 234 g/mol. The van der Waals surface area contributed by atoms with Gasteiger partial charge in [-0.15, -0.1) is 0 Å². The van der Waals surface area contributed by atoms with Gasteiger partial charge in [0.1, 0.15) is 0 Å².